The molecule has 3 heterocycles. The third-order valence-electron chi connectivity index (χ3n) is 5.64. The number of carbonyl (C=O) groups excluding carboxylic acids is 2. The maximum Gasteiger partial charge on any atom is 0.338 e. The molecule has 30 heavy (non-hydrogen) atoms. The van der Waals surface area contributed by atoms with Gasteiger partial charge in [-0.25, -0.2) is 9.59 Å². The van der Waals surface area contributed by atoms with E-state index in [1.165, 1.54) is 0 Å². The number of hydrogen-bond acceptors (Lipinski definition) is 6. The Labute approximate surface area is 184 Å². The second-order valence-electron chi connectivity index (χ2n) is 7.58. The zero-order chi connectivity index (χ0) is 21.1. The SMILES string of the molecule is CCOC(=O)C1=C(CN2CCC3(CC2)OCCO3)NC(=O)NC1c1cccc(Br)c1. The van der Waals surface area contributed by atoms with E-state index in [-0.39, 0.29) is 12.6 Å². The molecule has 2 fully saturated rings. The lowest BCUT2D eigenvalue weighted by atomic mass is 9.94. The first-order valence-corrected chi connectivity index (χ1v) is 11.0. The molecule has 8 nitrogen and oxygen atoms in total. The van der Waals surface area contributed by atoms with E-state index in [1.807, 2.05) is 24.3 Å². The predicted octanol–water partition coefficient (Wildman–Crippen LogP) is 2.46. The zero-order valence-electron chi connectivity index (χ0n) is 16.9. The van der Waals surface area contributed by atoms with Gasteiger partial charge >= 0.3 is 12.0 Å². The predicted molar refractivity (Wildman–Crippen MR) is 113 cm³/mol. The van der Waals surface area contributed by atoms with Crippen molar-refractivity contribution >= 4 is 27.9 Å². The molecule has 3 aliphatic heterocycles. The van der Waals surface area contributed by atoms with Gasteiger partial charge in [-0.1, -0.05) is 28.1 Å². The number of esters is 1. The maximum atomic E-state index is 12.9. The summed E-state index contributed by atoms with van der Waals surface area (Å²) in [4.78, 5) is 27.5. The lowest BCUT2D eigenvalue weighted by molar-refractivity contribution is -0.184. The number of ether oxygens (including phenoxy) is 3. The zero-order valence-corrected chi connectivity index (χ0v) is 18.5. The van der Waals surface area contributed by atoms with Crippen LogP contribution in [0.15, 0.2) is 40.0 Å². The lowest BCUT2D eigenvalue weighted by Gasteiger charge is -2.39. The van der Waals surface area contributed by atoms with Crippen molar-refractivity contribution in [2.75, 3.05) is 39.5 Å². The Balaban J connectivity index is 1.60. The van der Waals surface area contributed by atoms with Gasteiger partial charge in [-0.3, -0.25) is 4.90 Å². The van der Waals surface area contributed by atoms with E-state index >= 15 is 0 Å². The van der Waals surface area contributed by atoms with Gasteiger partial charge in [-0.2, -0.15) is 0 Å². The van der Waals surface area contributed by atoms with Crippen molar-refractivity contribution in [2.45, 2.75) is 31.6 Å². The van der Waals surface area contributed by atoms with Gasteiger partial charge in [0.25, 0.3) is 0 Å². The number of piperidine rings is 1. The molecule has 1 aromatic rings. The fraction of sp³-hybridized carbons (Fsp3) is 0.524. The number of urea groups is 1. The molecule has 0 saturated carbocycles. The summed E-state index contributed by atoms with van der Waals surface area (Å²) < 4.78 is 17.8. The Hall–Kier alpha value is -1.94. The molecule has 1 spiro atoms. The first kappa shape index (κ1) is 21.3. The van der Waals surface area contributed by atoms with E-state index in [0.717, 1.165) is 36.0 Å². The molecule has 1 aromatic carbocycles. The average Bonchev–Trinajstić information content (AvgIpc) is 3.18. The van der Waals surface area contributed by atoms with Gasteiger partial charge in [0.05, 0.1) is 31.4 Å². The van der Waals surface area contributed by atoms with Crippen LogP contribution in [0.4, 0.5) is 4.79 Å². The molecule has 0 aliphatic carbocycles. The van der Waals surface area contributed by atoms with E-state index in [4.69, 9.17) is 14.2 Å². The number of likely N-dealkylation sites (tertiary alicyclic amines) is 1. The minimum Gasteiger partial charge on any atom is -0.463 e. The second-order valence-corrected chi connectivity index (χ2v) is 8.50. The van der Waals surface area contributed by atoms with Crippen LogP contribution in [-0.2, 0) is 19.0 Å². The van der Waals surface area contributed by atoms with Gasteiger partial charge in [0.15, 0.2) is 5.79 Å². The molecule has 0 aromatic heterocycles. The summed E-state index contributed by atoms with van der Waals surface area (Å²) in [7, 11) is 0. The highest BCUT2D eigenvalue weighted by atomic mass is 79.9. The van der Waals surface area contributed by atoms with Crippen molar-refractivity contribution in [2.24, 2.45) is 0 Å². The molecule has 2 amide bonds. The number of benzene rings is 1. The van der Waals surface area contributed by atoms with Crippen molar-refractivity contribution in [1.82, 2.24) is 15.5 Å². The van der Waals surface area contributed by atoms with Crippen LogP contribution in [0.5, 0.6) is 0 Å². The number of nitrogens with zero attached hydrogens (tertiary/aromatic N) is 1. The molecule has 1 atom stereocenters. The van der Waals surface area contributed by atoms with E-state index in [0.29, 0.717) is 31.0 Å². The molecule has 4 rings (SSSR count). The smallest absolute Gasteiger partial charge is 0.338 e. The normalized spacial score (nSPS) is 23.9. The first-order chi connectivity index (χ1) is 14.5. The van der Waals surface area contributed by atoms with E-state index in [2.05, 4.69) is 31.5 Å². The molecule has 2 N–H and O–H groups in total. The van der Waals surface area contributed by atoms with Gasteiger partial charge in [0, 0.05) is 42.6 Å². The highest BCUT2D eigenvalue weighted by Gasteiger charge is 2.41. The number of amides is 2. The van der Waals surface area contributed by atoms with Crippen LogP contribution in [0.1, 0.15) is 31.4 Å². The van der Waals surface area contributed by atoms with Gasteiger partial charge in [-0.15, -0.1) is 0 Å². The number of rotatable bonds is 5. The van der Waals surface area contributed by atoms with Crippen LogP contribution >= 0.6 is 15.9 Å². The van der Waals surface area contributed by atoms with Gasteiger partial charge in [-0.05, 0) is 24.6 Å². The topological polar surface area (TPSA) is 89.1 Å². The maximum absolute atomic E-state index is 12.9. The Morgan fingerprint density at radius 2 is 2.03 bits per heavy atom. The Kier molecular flexibility index (Phi) is 6.43. The molecule has 2 saturated heterocycles. The van der Waals surface area contributed by atoms with Gasteiger partial charge in [0.2, 0.25) is 0 Å². The van der Waals surface area contributed by atoms with Gasteiger partial charge in [0.1, 0.15) is 0 Å². The van der Waals surface area contributed by atoms with Crippen molar-refractivity contribution in [3.05, 3.63) is 45.6 Å². The lowest BCUT2D eigenvalue weighted by Crippen LogP contribution is -2.51. The van der Waals surface area contributed by atoms with Crippen LogP contribution in [0.2, 0.25) is 0 Å². The van der Waals surface area contributed by atoms with Crippen LogP contribution in [-0.4, -0.2) is 62.1 Å². The summed E-state index contributed by atoms with van der Waals surface area (Å²) in [6.07, 6.45) is 1.52. The quantitative estimate of drug-likeness (QED) is 0.630. The largest absolute Gasteiger partial charge is 0.463 e. The third kappa shape index (κ3) is 4.54. The number of nitrogens with one attached hydrogen (secondary N) is 2. The number of carbonyl (C=O) groups is 2. The number of hydrogen-bond donors (Lipinski definition) is 2. The summed E-state index contributed by atoms with van der Waals surface area (Å²) in [5, 5.41) is 5.71. The fourth-order valence-electron chi connectivity index (χ4n) is 4.19. The van der Waals surface area contributed by atoms with Crippen molar-refractivity contribution in [1.29, 1.82) is 0 Å². The van der Waals surface area contributed by atoms with E-state index in [1.54, 1.807) is 6.92 Å². The van der Waals surface area contributed by atoms with Crippen molar-refractivity contribution in [3.63, 3.8) is 0 Å². The number of halogens is 1. The molecule has 9 heteroatoms. The van der Waals surface area contributed by atoms with Crippen LogP contribution < -0.4 is 10.6 Å². The molecule has 162 valence electrons. The van der Waals surface area contributed by atoms with E-state index in [9.17, 15) is 9.59 Å². The minimum absolute atomic E-state index is 0.260. The minimum atomic E-state index is -0.581. The summed E-state index contributed by atoms with van der Waals surface area (Å²) in [6.45, 7) is 5.25. The summed E-state index contributed by atoms with van der Waals surface area (Å²) >= 11 is 3.46. The molecule has 0 bridgehead atoms. The van der Waals surface area contributed by atoms with Crippen LogP contribution in [0.25, 0.3) is 0 Å². The van der Waals surface area contributed by atoms with Gasteiger partial charge < -0.3 is 24.8 Å². The monoisotopic (exact) mass is 479 g/mol. The molecule has 0 radical (unpaired) electrons. The highest BCUT2D eigenvalue weighted by Crippen LogP contribution is 2.33. The highest BCUT2D eigenvalue weighted by molar-refractivity contribution is 9.10. The summed E-state index contributed by atoms with van der Waals surface area (Å²) in [6, 6.07) is 6.64. The Morgan fingerprint density at radius 1 is 1.30 bits per heavy atom. The van der Waals surface area contributed by atoms with Crippen LogP contribution in [0.3, 0.4) is 0 Å². The Bertz CT molecular complexity index is 843. The third-order valence-corrected chi connectivity index (χ3v) is 6.14. The summed E-state index contributed by atoms with van der Waals surface area (Å²) in [5.74, 6) is -0.897. The standard InChI is InChI=1S/C21H26BrN3O5/c1-2-28-19(26)17-16(13-25-8-6-21(7-9-25)29-10-11-30-21)23-20(27)24-18(17)14-4-3-5-15(22)12-14/h3-5,12,18H,2,6-11,13H2,1H3,(H2,23,24,27). The van der Waals surface area contributed by atoms with Crippen molar-refractivity contribution < 1.29 is 23.8 Å². The van der Waals surface area contributed by atoms with Crippen LogP contribution in [0, 0.1) is 0 Å². The molecule has 1 unspecified atom stereocenters. The average molecular weight is 480 g/mol. The first-order valence-electron chi connectivity index (χ1n) is 10.2. The molecular weight excluding hydrogens is 454 g/mol. The second kappa shape index (κ2) is 9.05. The molecule has 3 aliphatic rings. The molecular formula is C21H26BrN3O5. The fourth-order valence-corrected chi connectivity index (χ4v) is 4.61. The van der Waals surface area contributed by atoms with E-state index < -0.39 is 17.8 Å². The Morgan fingerprint density at radius 3 is 2.70 bits per heavy atom. The summed E-state index contributed by atoms with van der Waals surface area (Å²) in [5.41, 5.74) is 1.82. The van der Waals surface area contributed by atoms with Crippen molar-refractivity contribution in [3.8, 4) is 0 Å².